The van der Waals surface area contributed by atoms with E-state index < -0.39 is 10.8 Å². The molecule has 208 valence electrons. The van der Waals surface area contributed by atoms with Crippen molar-refractivity contribution in [2.45, 2.75) is 99.8 Å². The first kappa shape index (κ1) is 27.6. The van der Waals surface area contributed by atoms with Gasteiger partial charge in [-0.3, -0.25) is 9.59 Å². The number of carbonyl (C=O) groups excluding carboxylic acids is 3. The van der Waals surface area contributed by atoms with Crippen LogP contribution in [0.3, 0.4) is 0 Å². The van der Waals surface area contributed by atoms with Crippen LogP contribution in [-0.2, 0) is 14.4 Å². The van der Waals surface area contributed by atoms with Gasteiger partial charge in [-0.1, -0.05) is 54.5 Å². The smallest absolute Gasteiger partial charge is 0.228 e. The van der Waals surface area contributed by atoms with Crippen LogP contribution >= 0.6 is 0 Å². The Morgan fingerprint density at radius 1 is 0.921 bits per heavy atom. The zero-order chi connectivity index (χ0) is 28.3. The standard InChI is InChI=1S/C33H48N2O3/c1-28(2)13-15-33(27(38)35(9)10)16-14-32(7)25(20(33)18-28)22(36)17-24-30(5)19-21(34-8)26(37)29(3,4)23(30)11-12-31(24,32)6/h19-20,23-25H,11-18H2,1-7,9-10H3/t20-,23-,24+,25-,30-,31+,32+,33-/m0/s1. The normalized spacial score (nSPS) is 46.9. The van der Waals surface area contributed by atoms with Gasteiger partial charge < -0.3 is 9.69 Å². The minimum Gasteiger partial charge on any atom is -0.348 e. The fourth-order valence-electron chi connectivity index (χ4n) is 11.1. The van der Waals surface area contributed by atoms with Crippen LogP contribution in [0, 0.1) is 62.7 Å². The first-order valence-corrected chi connectivity index (χ1v) is 14.8. The fourth-order valence-corrected chi connectivity index (χ4v) is 11.1. The summed E-state index contributed by atoms with van der Waals surface area (Å²) in [5.41, 5.74) is -1.39. The molecule has 0 bridgehead atoms. The van der Waals surface area contributed by atoms with E-state index in [1.165, 1.54) is 0 Å². The van der Waals surface area contributed by atoms with Gasteiger partial charge in [-0.25, -0.2) is 4.85 Å². The first-order valence-electron chi connectivity index (χ1n) is 14.8. The number of Topliss-reactive ketones (excluding diaryl/α,β-unsaturated/α-hetero) is 2. The zero-order valence-electron chi connectivity index (χ0n) is 25.2. The number of carbonyl (C=O) groups is 3. The van der Waals surface area contributed by atoms with Gasteiger partial charge in [0.1, 0.15) is 5.78 Å². The third-order valence-electron chi connectivity index (χ3n) is 13.3. The lowest BCUT2D eigenvalue weighted by Crippen LogP contribution is -2.69. The van der Waals surface area contributed by atoms with Gasteiger partial charge >= 0.3 is 0 Å². The van der Waals surface area contributed by atoms with Gasteiger partial charge in [-0.05, 0) is 84.4 Å². The molecule has 1 amide bonds. The van der Waals surface area contributed by atoms with Crippen molar-refractivity contribution in [1.29, 1.82) is 0 Å². The summed E-state index contributed by atoms with van der Waals surface area (Å²) in [6.07, 6.45) is 8.92. The van der Waals surface area contributed by atoms with Crippen LogP contribution in [-0.4, -0.2) is 36.5 Å². The van der Waals surface area contributed by atoms with Crippen LogP contribution in [0.1, 0.15) is 99.8 Å². The lowest BCUT2D eigenvalue weighted by molar-refractivity contribution is -0.223. The van der Waals surface area contributed by atoms with Crippen molar-refractivity contribution in [2.24, 2.45) is 56.2 Å². The average Bonchev–Trinajstić information content (AvgIpc) is 2.82. The predicted octanol–water partition coefficient (Wildman–Crippen LogP) is 6.73. The molecule has 4 saturated carbocycles. The monoisotopic (exact) mass is 520 g/mol. The number of rotatable bonds is 1. The van der Waals surface area contributed by atoms with Gasteiger partial charge in [0.15, 0.2) is 5.78 Å². The van der Waals surface area contributed by atoms with Gasteiger partial charge in [-0.2, -0.15) is 0 Å². The summed E-state index contributed by atoms with van der Waals surface area (Å²) in [6.45, 7) is 23.4. The summed E-state index contributed by atoms with van der Waals surface area (Å²) in [7, 11) is 3.74. The molecule has 8 atom stereocenters. The van der Waals surface area contributed by atoms with Gasteiger partial charge in [-0.15, -0.1) is 0 Å². The summed E-state index contributed by atoms with van der Waals surface area (Å²) >= 11 is 0. The molecule has 5 rings (SSSR count). The van der Waals surface area contributed by atoms with Crippen molar-refractivity contribution < 1.29 is 14.4 Å². The van der Waals surface area contributed by atoms with Crippen molar-refractivity contribution in [3.05, 3.63) is 23.2 Å². The summed E-state index contributed by atoms with van der Waals surface area (Å²) in [5, 5.41) is 0. The van der Waals surface area contributed by atoms with Crippen molar-refractivity contribution >= 4 is 17.5 Å². The highest BCUT2D eigenvalue weighted by Crippen LogP contribution is 2.76. The van der Waals surface area contributed by atoms with Crippen LogP contribution in [0.5, 0.6) is 0 Å². The molecular weight excluding hydrogens is 472 g/mol. The number of nitrogens with zero attached hydrogens (tertiary/aromatic N) is 2. The number of allylic oxidation sites excluding steroid dienone is 2. The van der Waals surface area contributed by atoms with Gasteiger partial charge in [0.05, 0.1) is 12.0 Å². The lowest BCUT2D eigenvalue weighted by Gasteiger charge is -2.72. The Morgan fingerprint density at radius 3 is 2.16 bits per heavy atom. The van der Waals surface area contributed by atoms with Gasteiger partial charge in [0.25, 0.3) is 0 Å². The molecule has 5 aliphatic carbocycles. The fraction of sp³-hybridized carbons (Fsp3) is 0.818. The minimum atomic E-state index is -0.612. The van der Waals surface area contributed by atoms with E-state index in [1.807, 2.05) is 34.0 Å². The zero-order valence-corrected chi connectivity index (χ0v) is 25.2. The third-order valence-corrected chi connectivity index (χ3v) is 13.3. The van der Waals surface area contributed by atoms with Crippen molar-refractivity contribution in [3.8, 4) is 0 Å². The molecule has 5 nitrogen and oxygen atoms in total. The summed E-state index contributed by atoms with van der Waals surface area (Å²) in [4.78, 5) is 47.1. The van der Waals surface area contributed by atoms with E-state index in [9.17, 15) is 14.4 Å². The maximum atomic E-state index is 14.6. The summed E-state index contributed by atoms with van der Waals surface area (Å²) in [5.74, 6) is 0.638. The second-order valence-corrected chi connectivity index (χ2v) is 16.0. The summed E-state index contributed by atoms with van der Waals surface area (Å²) < 4.78 is 0. The molecule has 4 fully saturated rings. The van der Waals surface area contributed by atoms with Crippen LogP contribution in [0.15, 0.2) is 11.8 Å². The van der Waals surface area contributed by atoms with Crippen LogP contribution in [0.4, 0.5) is 0 Å². The molecule has 0 aromatic carbocycles. The summed E-state index contributed by atoms with van der Waals surface area (Å²) in [6, 6.07) is 0. The number of hydrogen-bond donors (Lipinski definition) is 0. The molecule has 0 radical (unpaired) electrons. The van der Waals surface area contributed by atoms with E-state index >= 15 is 0 Å². The highest BCUT2D eigenvalue weighted by Gasteiger charge is 2.73. The SMILES string of the molecule is [C-]#[N+]C1=C[C@]2(C)[C@H]3CC(=O)[C@@H]4[C@@H]5CC(C)(C)CC[C@]5(C(=O)N(C)C)CC[C@@]4(C)[C@]3(C)CC[C@H]2C(C)(C)C1=O. The predicted molar refractivity (Wildman–Crippen MR) is 149 cm³/mol. The molecule has 0 unspecified atom stereocenters. The Kier molecular flexibility index (Phi) is 5.84. The van der Waals surface area contributed by atoms with Crippen molar-refractivity contribution in [3.63, 3.8) is 0 Å². The topological polar surface area (TPSA) is 58.8 Å². The van der Waals surface area contributed by atoms with E-state index in [-0.39, 0.29) is 62.7 Å². The molecule has 0 aliphatic heterocycles. The molecule has 0 N–H and O–H groups in total. The largest absolute Gasteiger partial charge is 0.348 e. The second kappa shape index (κ2) is 8.05. The highest BCUT2D eigenvalue weighted by molar-refractivity contribution is 6.02. The molecular formula is C33H48N2O3. The molecule has 0 saturated heterocycles. The molecule has 0 aromatic rings. The quantitative estimate of drug-likeness (QED) is 0.360. The van der Waals surface area contributed by atoms with E-state index in [0.717, 1.165) is 44.9 Å². The Balaban J connectivity index is 1.65. The Labute approximate surface area is 230 Å². The molecule has 0 heterocycles. The molecule has 0 spiro atoms. The molecule has 38 heavy (non-hydrogen) atoms. The lowest BCUT2D eigenvalue weighted by atomic mass is 9.31. The van der Waals surface area contributed by atoms with E-state index in [0.29, 0.717) is 12.2 Å². The maximum absolute atomic E-state index is 14.6. The number of ketones is 2. The molecule has 5 aliphatic rings. The molecule has 5 heteroatoms. The Morgan fingerprint density at radius 2 is 1.55 bits per heavy atom. The minimum absolute atomic E-state index is 0.0427. The van der Waals surface area contributed by atoms with E-state index in [2.05, 4.69) is 39.5 Å². The number of hydrogen-bond acceptors (Lipinski definition) is 3. The van der Waals surface area contributed by atoms with E-state index in [4.69, 9.17) is 6.57 Å². The Hall–Kier alpha value is -1.96. The van der Waals surface area contributed by atoms with Crippen LogP contribution in [0.25, 0.3) is 4.85 Å². The second-order valence-electron chi connectivity index (χ2n) is 16.0. The average molecular weight is 521 g/mol. The third kappa shape index (κ3) is 3.24. The number of amides is 1. The first-order chi connectivity index (χ1) is 17.4. The van der Waals surface area contributed by atoms with Crippen LogP contribution < -0.4 is 0 Å². The van der Waals surface area contributed by atoms with Gasteiger partial charge in [0.2, 0.25) is 11.6 Å². The molecule has 0 aromatic heterocycles. The van der Waals surface area contributed by atoms with Crippen molar-refractivity contribution in [2.75, 3.05) is 14.1 Å². The Bertz CT molecular complexity index is 1170. The van der Waals surface area contributed by atoms with Crippen molar-refractivity contribution in [1.82, 2.24) is 4.90 Å². The number of fused-ring (bicyclic) bond motifs is 7. The maximum Gasteiger partial charge on any atom is 0.228 e. The highest BCUT2D eigenvalue weighted by atomic mass is 16.2. The van der Waals surface area contributed by atoms with Gasteiger partial charge in [0, 0.05) is 31.8 Å². The van der Waals surface area contributed by atoms with Crippen LogP contribution in [0.2, 0.25) is 0 Å². The van der Waals surface area contributed by atoms with E-state index in [1.54, 1.807) is 4.90 Å².